The molecule has 2 aromatic rings. The Morgan fingerprint density at radius 1 is 1.17 bits per heavy atom. The first-order valence-electron chi connectivity index (χ1n) is 8.55. The Morgan fingerprint density at radius 2 is 2.00 bits per heavy atom. The van der Waals surface area contributed by atoms with Crippen LogP contribution in [0.3, 0.4) is 0 Å². The van der Waals surface area contributed by atoms with E-state index in [0.717, 1.165) is 36.7 Å². The van der Waals surface area contributed by atoms with Crippen LogP contribution >= 0.6 is 0 Å². The fraction of sp³-hybridized carbons (Fsp3) is 0.500. The molecule has 0 spiro atoms. The third-order valence-corrected chi connectivity index (χ3v) is 4.86. The molecule has 1 N–H and O–H groups in total. The van der Waals surface area contributed by atoms with Crippen molar-refractivity contribution < 1.29 is 0 Å². The standard InChI is InChI=1S/C18H22N4O/c23-17-11-15(20-18(21-17)14-6-8-19-9-7-14)16-3-1-2-10-22(16)12-13-4-5-13/h6-9,11,13,16H,1-5,10,12H2,(H,20,21,23)/t16-/m1/s1. The predicted molar refractivity (Wildman–Crippen MR) is 89.0 cm³/mol. The van der Waals surface area contributed by atoms with Gasteiger partial charge in [-0.05, 0) is 50.3 Å². The molecule has 1 aliphatic carbocycles. The van der Waals surface area contributed by atoms with Gasteiger partial charge in [-0.2, -0.15) is 0 Å². The van der Waals surface area contributed by atoms with E-state index < -0.39 is 0 Å². The van der Waals surface area contributed by atoms with E-state index in [-0.39, 0.29) is 11.6 Å². The second kappa shape index (κ2) is 6.24. The van der Waals surface area contributed by atoms with Gasteiger partial charge in [0.25, 0.3) is 5.56 Å². The monoisotopic (exact) mass is 310 g/mol. The van der Waals surface area contributed by atoms with Gasteiger partial charge in [0.2, 0.25) is 0 Å². The number of aromatic nitrogens is 3. The van der Waals surface area contributed by atoms with Gasteiger partial charge in [-0.1, -0.05) is 6.42 Å². The Kier molecular flexibility index (Phi) is 3.95. The van der Waals surface area contributed by atoms with Crippen molar-refractivity contribution in [1.29, 1.82) is 0 Å². The summed E-state index contributed by atoms with van der Waals surface area (Å²) in [5.74, 6) is 1.50. The maximum atomic E-state index is 12.1. The summed E-state index contributed by atoms with van der Waals surface area (Å²) >= 11 is 0. The number of likely N-dealkylation sites (tertiary alicyclic amines) is 1. The molecule has 1 saturated carbocycles. The third kappa shape index (κ3) is 3.34. The SMILES string of the molecule is O=c1cc([C@H]2CCCCN2CC2CC2)nc(-c2ccncc2)[nH]1. The van der Waals surface area contributed by atoms with Crippen LogP contribution < -0.4 is 5.56 Å². The first kappa shape index (κ1) is 14.6. The van der Waals surface area contributed by atoms with E-state index in [0.29, 0.717) is 5.82 Å². The smallest absolute Gasteiger partial charge is 0.251 e. The fourth-order valence-corrected chi connectivity index (χ4v) is 3.47. The van der Waals surface area contributed by atoms with E-state index in [9.17, 15) is 4.79 Å². The van der Waals surface area contributed by atoms with Gasteiger partial charge in [-0.25, -0.2) is 4.98 Å². The Labute approximate surface area is 135 Å². The molecule has 0 amide bonds. The second-order valence-corrected chi connectivity index (χ2v) is 6.70. The van der Waals surface area contributed by atoms with E-state index in [2.05, 4.69) is 14.9 Å². The van der Waals surface area contributed by atoms with Gasteiger partial charge >= 0.3 is 0 Å². The van der Waals surface area contributed by atoms with Gasteiger partial charge in [0.15, 0.2) is 0 Å². The van der Waals surface area contributed by atoms with Gasteiger partial charge in [-0.3, -0.25) is 14.7 Å². The van der Waals surface area contributed by atoms with Crippen molar-refractivity contribution in [2.75, 3.05) is 13.1 Å². The highest BCUT2D eigenvalue weighted by Crippen LogP contribution is 2.36. The molecular weight excluding hydrogens is 288 g/mol. The minimum absolute atomic E-state index is 0.0706. The number of H-pyrrole nitrogens is 1. The average molecular weight is 310 g/mol. The minimum atomic E-state index is -0.0706. The van der Waals surface area contributed by atoms with Crippen molar-refractivity contribution in [3.05, 3.63) is 46.6 Å². The molecule has 0 bridgehead atoms. The summed E-state index contributed by atoms with van der Waals surface area (Å²) in [4.78, 5) is 26.3. The van der Waals surface area contributed by atoms with Crippen molar-refractivity contribution >= 4 is 0 Å². The summed E-state index contributed by atoms with van der Waals surface area (Å²) in [7, 11) is 0. The third-order valence-electron chi connectivity index (χ3n) is 4.86. The minimum Gasteiger partial charge on any atom is -0.307 e. The van der Waals surface area contributed by atoms with Crippen LogP contribution in [0.5, 0.6) is 0 Å². The summed E-state index contributed by atoms with van der Waals surface area (Å²) in [6.07, 6.45) is 9.72. The highest BCUT2D eigenvalue weighted by molar-refractivity contribution is 5.53. The van der Waals surface area contributed by atoms with Crippen molar-refractivity contribution in [1.82, 2.24) is 19.9 Å². The zero-order valence-corrected chi connectivity index (χ0v) is 13.2. The summed E-state index contributed by atoms with van der Waals surface area (Å²) in [6, 6.07) is 5.73. The topological polar surface area (TPSA) is 61.9 Å². The molecule has 2 aliphatic rings. The largest absolute Gasteiger partial charge is 0.307 e. The zero-order chi connectivity index (χ0) is 15.6. The number of piperidine rings is 1. The van der Waals surface area contributed by atoms with Crippen LogP contribution in [0.4, 0.5) is 0 Å². The van der Waals surface area contributed by atoms with Gasteiger partial charge in [0.1, 0.15) is 5.82 Å². The number of nitrogens with one attached hydrogen (secondary N) is 1. The van der Waals surface area contributed by atoms with E-state index >= 15 is 0 Å². The molecule has 120 valence electrons. The molecule has 1 atom stereocenters. The van der Waals surface area contributed by atoms with Crippen LogP contribution in [0, 0.1) is 5.92 Å². The van der Waals surface area contributed by atoms with E-state index in [1.54, 1.807) is 18.5 Å². The fourth-order valence-electron chi connectivity index (χ4n) is 3.47. The van der Waals surface area contributed by atoms with E-state index in [4.69, 9.17) is 4.98 Å². The van der Waals surface area contributed by atoms with Crippen LogP contribution in [-0.2, 0) is 0 Å². The molecule has 0 aromatic carbocycles. The Balaban J connectivity index is 1.66. The maximum absolute atomic E-state index is 12.1. The van der Waals surface area contributed by atoms with Gasteiger partial charge in [0, 0.05) is 30.6 Å². The lowest BCUT2D eigenvalue weighted by Gasteiger charge is -2.35. The van der Waals surface area contributed by atoms with Crippen molar-refractivity contribution in [3.8, 4) is 11.4 Å². The van der Waals surface area contributed by atoms with Crippen LogP contribution in [0.1, 0.15) is 43.8 Å². The lowest BCUT2D eigenvalue weighted by molar-refractivity contribution is 0.139. The summed E-state index contributed by atoms with van der Waals surface area (Å²) < 4.78 is 0. The zero-order valence-electron chi connectivity index (χ0n) is 13.2. The summed E-state index contributed by atoms with van der Waals surface area (Å²) in [5, 5.41) is 0. The van der Waals surface area contributed by atoms with Crippen molar-refractivity contribution in [2.24, 2.45) is 5.92 Å². The molecule has 3 heterocycles. The van der Waals surface area contributed by atoms with Crippen LogP contribution in [0.2, 0.25) is 0 Å². The van der Waals surface area contributed by atoms with Crippen molar-refractivity contribution in [2.45, 2.75) is 38.1 Å². The quantitative estimate of drug-likeness (QED) is 0.943. The normalized spacial score (nSPS) is 22.2. The van der Waals surface area contributed by atoms with Crippen LogP contribution in [0.25, 0.3) is 11.4 Å². The number of nitrogens with zero attached hydrogens (tertiary/aromatic N) is 3. The second-order valence-electron chi connectivity index (χ2n) is 6.70. The van der Waals surface area contributed by atoms with Gasteiger partial charge in [0.05, 0.1) is 11.7 Å². The molecule has 4 rings (SSSR count). The molecule has 1 saturated heterocycles. The average Bonchev–Trinajstić information content (AvgIpc) is 3.40. The lowest BCUT2D eigenvalue weighted by atomic mass is 9.98. The maximum Gasteiger partial charge on any atom is 0.251 e. The molecule has 0 unspecified atom stereocenters. The first-order valence-corrected chi connectivity index (χ1v) is 8.55. The van der Waals surface area contributed by atoms with Gasteiger partial charge in [-0.15, -0.1) is 0 Å². The number of hydrogen-bond acceptors (Lipinski definition) is 4. The Morgan fingerprint density at radius 3 is 2.78 bits per heavy atom. The predicted octanol–water partition coefficient (Wildman–Crippen LogP) is 2.77. The van der Waals surface area contributed by atoms with Gasteiger partial charge < -0.3 is 4.98 Å². The summed E-state index contributed by atoms with van der Waals surface area (Å²) in [5.41, 5.74) is 1.75. The number of pyridine rings is 1. The lowest BCUT2D eigenvalue weighted by Crippen LogP contribution is -2.36. The molecule has 5 heteroatoms. The molecular formula is C18H22N4O. The van der Waals surface area contributed by atoms with Crippen LogP contribution in [-0.4, -0.2) is 32.9 Å². The van der Waals surface area contributed by atoms with E-state index in [1.165, 1.54) is 25.7 Å². The van der Waals surface area contributed by atoms with E-state index in [1.807, 2.05) is 12.1 Å². The highest BCUT2D eigenvalue weighted by atomic mass is 16.1. The Bertz CT molecular complexity index is 723. The Hall–Kier alpha value is -2.01. The van der Waals surface area contributed by atoms with Crippen LogP contribution in [0.15, 0.2) is 35.4 Å². The molecule has 5 nitrogen and oxygen atoms in total. The molecule has 2 fully saturated rings. The molecule has 0 radical (unpaired) electrons. The molecule has 1 aliphatic heterocycles. The summed E-state index contributed by atoms with van der Waals surface area (Å²) in [6.45, 7) is 2.28. The molecule has 23 heavy (non-hydrogen) atoms. The number of rotatable bonds is 4. The number of hydrogen-bond donors (Lipinski definition) is 1. The number of aromatic amines is 1. The molecule has 2 aromatic heterocycles. The first-order chi connectivity index (χ1) is 11.3. The highest BCUT2D eigenvalue weighted by Gasteiger charge is 2.31. The van der Waals surface area contributed by atoms with Crippen molar-refractivity contribution in [3.63, 3.8) is 0 Å².